The van der Waals surface area contributed by atoms with Crippen LogP contribution in [0.3, 0.4) is 0 Å². The lowest BCUT2D eigenvalue weighted by Gasteiger charge is -2.17. The Morgan fingerprint density at radius 3 is 2.61 bits per heavy atom. The van der Waals surface area contributed by atoms with E-state index in [2.05, 4.69) is 12.2 Å². The molecule has 2 atom stereocenters. The van der Waals surface area contributed by atoms with Gasteiger partial charge in [0, 0.05) is 13.5 Å². The summed E-state index contributed by atoms with van der Waals surface area (Å²) < 4.78 is 4.91. The third kappa shape index (κ3) is 8.44. The molecule has 0 spiro atoms. The van der Waals surface area contributed by atoms with E-state index in [1.807, 2.05) is 0 Å². The summed E-state index contributed by atoms with van der Waals surface area (Å²) in [5.41, 5.74) is 5.56. The van der Waals surface area contributed by atoms with Crippen molar-refractivity contribution in [3.8, 4) is 0 Å². The molecule has 0 aromatic carbocycles. The molecule has 108 valence electrons. The monoisotopic (exact) mass is 260 g/mol. The first-order chi connectivity index (χ1) is 8.67. The van der Waals surface area contributed by atoms with E-state index in [4.69, 9.17) is 15.6 Å². The van der Waals surface area contributed by atoms with Gasteiger partial charge >= 0.3 is 0 Å². The summed E-state index contributed by atoms with van der Waals surface area (Å²) in [6.45, 7) is 3.06. The molecule has 0 rings (SSSR count). The van der Waals surface area contributed by atoms with Crippen LogP contribution in [0, 0.1) is 5.92 Å². The number of aliphatic hydroxyl groups excluding tert-OH is 1. The van der Waals surface area contributed by atoms with E-state index in [1.54, 1.807) is 7.11 Å². The number of carbonyl (C=O) groups is 1. The summed E-state index contributed by atoms with van der Waals surface area (Å²) in [5.74, 6) is 0.505. The third-order valence-corrected chi connectivity index (χ3v) is 3.00. The van der Waals surface area contributed by atoms with E-state index in [9.17, 15) is 4.79 Å². The molecule has 0 aliphatic heterocycles. The van der Waals surface area contributed by atoms with Crippen molar-refractivity contribution in [3.63, 3.8) is 0 Å². The summed E-state index contributed by atoms with van der Waals surface area (Å²) in [4.78, 5) is 11.7. The zero-order valence-electron chi connectivity index (χ0n) is 11.7. The zero-order valence-corrected chi connectivity index (χ0v) is 11.7. The molecule has 0 aromatic rings. The fraction of sp³-hybridized carbons (Fsp3) is 0.923. The molecule has 5 nitrogen and oxygen atoms in total. The first kappa shape index (κ1) is 17.4. The van der Waals surface area contributed by atoms with Gasteiger partial charge in [0.05, 0.1) is 19.3 Å². The number of ether oxygens (including phenoxy) is 1. The number of amides is 1. The largest absolute Gasteiger partial charge is 0.394 e. The lowest BCUT2D eigenvalue weighted by Crippen LogP contribution is -2.40. The first-order valence-corrected chi connectivity index (χ1v) is 6.77. The number of aliphatic hydroxyl groups is 1. The van der Waals surface area contributed by atoms with Gasteiger partial charge in [-0.15, -0.1) is 0 Å². The van der Waals surface area contributed by atoms with E-state index in [0.29, 0.717) is 25.5 Å². The molecule has 18 heavy (non-hydrogen) atoms. The summed E-state index contributed by atoms with van der Waals surface area (Å²) in [7, 11) is 1.55. The number of rotatable bonds is 11. The van der Waals surface area contributed by atoms with Crippen molar-refractivity contribution in [3.05, 3.63) is 0 Å². The highest BCUT2D eigenvalue weighted by Gasteiger charge is 2.13. The highest BCUT2D eigenvalue weighted by Crippen LogP contribution is 2.16. The van der Waals surface area contributed by atoms with Gasteiger partial charge in [0.15, 0.2) is 0 Å². The summed E-state index contributed by atoms with van der Waals surface area (Å²) >= 11 is 0. The van der Waals surface area contributed by atoms with Crippen molar-refractivity contribution in [2.24, 2.45) is 11.7 Å². The van der Waals surface area contributed by atoms with Crippen LogP contribution in [0.15, 0.2) is 0 Å². The molecule has 0 bridgehead atoms. The summed E-state index contributed by atoms with van der Waals surface area (Å²) in [6, 6.07) is -0.304. The Morgan fingerprint density at radius 1 is 1.39 bits per heavy atom. The van der Waals surface area contributed by atoms with Crippen LogP contribution >= 0.6 is 0 Å². The molecule has 4 N–H and O–H groups in total. The van der Waals surface area contributed by atoms with Gasteiger partial charge < -0.3 is 20.9 Å². The first-order valence-electron chi connectivity index (χ1n) is 6.77. The minimum absolute atomic E-state index is 0.0239. The van der Waals surface area contributed by atoms with Crippen molar-refractivity contribution >= 4 is 5.91 Å². The predicted molar refractivity (Wildman–Crippen MR) is 72.2 cm³/mol. The fourth-order valence-corrected chi connectivity index (χ4v) is 2.05. The van der Waals surface area contributed by atoms with E-state index in [0.717, 1.165) is 25.7 Å². The van der Waals surface area contributed by atoms with Crippen molar-refractivity contribution in [2.45, 2.75) is 45.1 Å². The Bertz CT molecular complexity index is 206. The van der Waals surface area contributed by atoms with Gasteiger partial charge in [-0.2, -0.15) is 0 Å². The van der Waals surface area contributed by atoms with Gasteiger partial charge in [-0.25, -0.2) is 0 Å². The van der Waals surface area contributed by atoms with Gasteiger partial charge in [0.1, 0.15) is 0 Å². The number of methoxy groups -OCH3 is 1. The topological polar surface area (TPSA) is 84.6 Å². The molecule has 1 amide bonds. The maximum absolute atomic E-state index is 11.7. The van der Waals surface area contributed by atoms with Crippen molar-refractivity contribution in [1.82, 2.24) is 5.32 Å². The molecule has 5 heteroatoms. The molecule has 0 aromatic heterocycles. The third-order valence-electron chi connectivity index (χ3n) is 3.00. The van der Waals surface area contributed by atoms with Crippen LogP contribution in [0.4, 0.5) is 0 Å². The van der Waals surface area contributed by atoms with E-state index in [-0.39, 0.29) is 18.6 Å². The van der Waals surface area contributed by atoms with Gasteiger partial charge in [-0.05, 0) is 25.3 Å². The lowest BCUT2D eigenvalue weighted by atomic mass is 9.94. The molecular formula is C13H28N2O3. The van der Waals surface area contributed by atoms with Crippen LogP contribution in [0.1, 0.15) is 39.0 Å². The highest BCUT2D eigenvalue weighted by molar-refractivity contribution is 5.76. The molecule has 0 aliphatic carbocycles. The normalized spacial score (nSPS) is 14.2. The van der Waals surface area contributed by atoms with Crippen LogP contribution in [0.5, 0.6) is 0 Å². The Labute approximate surface area is 110 Å². The second kappa shape index (κ2) is 11.4. The number of nitrogens with one attached hydrogen (secondary N) is 1. The average Bonchev–Trinajstić information content (AvgIpc) is 2.36. The minimum Gasteiger partial charge on any atom is -0.394 e. The van der Waals surface area contributed by atoms with E-state index < -0.39 is 0 Å². The van der Waals surface area contributed by atoms with Crippen LogP contribution in [0.2, 0.25) is 0 Å². The number of nitrogens with two attached hydrogens (primary N) is 1. The van der Waals surface area contributed by atoms with Gasteiger partial charge in [0.25, 0.3) is 0 Å². The Hall–Kier alpha value is -0.650. The predicted octanol–water partition coefficient (Wildman–Crippen LogP) is 0.655. The number of hydrogen-bond donors (Lipinski definition) is 3. The fourth-order valence-electron chi connectivity index (χ4n) is 2.05. The summed E-state index contributed by atoms with van der Waals surface area (Å²) in [5, 5.41) is 11.8. The number of hydrogen-bond acceptors (Lipinski definition) is 4. The van der Waals surface area contributed by atoms with Crippen LogP contribution in [0.25, 0.3) is 0 Å². The Morgan fingerprint density at radius 2 is 2.11 bits per heavy atom. The van der Waals surface area contributed by atoms with Crippen LogP contribution in [-0.4, -0.2) is 43.9 Å². The van der Waals surface area contributed by atoms with Gasteiger partial charge in [-0.1, -0.05) is 19.8 Å². The zero-order chi connectivity index (χ0) is 13.8. The molecular weight excluding hydrogens is 232 g/mol. The van der Waals surface area contributed by atoms with Crippen LogP contribution in [-0.2, 0) is 9.53 Å². The average molecular weight is 260 g/mol. The second-order valence-electron chi connectivity index (χ2n) is 4.67. The van der Waals surface area contributed by atoms with E-state index >= 15 is 0 Å². The lowest BCUT2D eigenvalue weighted by molar-refractivity contribution is -0.122. The molecule has 0 fully saturated rings. The Kier molecular flexibility index (Phi) is 11.0. The molecule has 0 radical (unpaired) electrons. The van der Waals surface area contributed by atoms with E-state index in [1.165, 1.54) is 0 Å². The molecule has 0 saturated carbocycles. The SMILES string of the molecule is CCCC(CCN)CCC(=O)NC(CO)COC. The minimum atomic E-state index is -0.304. The second-order valence-corrected chi connectivity index (χ2v) is 4.67. The molecule has 2 unspecified atom stereocenters. The van der Waals surface area contributed by atoms with Crippen molar-refractivity contribution in [2.75, 3.05) is 26.9 Å². The smallest absolute Gasteiger partial charge is 0.220 e. The molecule has 0 saturated heterocycles. The van der Waals surface area contributed by atoms with Gasteiger partial charge in [0.2, 0.25) is 5.91 Å². The van der Waals surface area contributed by atoms with Crippen LogP contribution < -0.4 is 11.1 Å². The maximum atomic E-state index is 11.7. The van der Waals surface area contributed by atoms with Gasteiger partial charge in [-0.3, -0.25) is 4.79 Å². The molecule has 0 aliphatic rings. The standard InChI is InChI=1S/C13H28N2O3/c1-3-4-11(7-8-14)5-6-13(17)15-12(9-16)10-18-2/h11-12,16H,3-10,14H2,1-2H3,(H,15,17). The highest BCUT2D eigenvalue weighted by atomic mass is 16.5. The quantitative estimate of drug-likeness (QED) is 0.509. The van der Waals surface area contributed by atoms with Crippen molar-refractivity contribution < 1.29 is 14.6 Å². The number of carbonyl (C=O) groups excluding carboxylic acids is 1. The maximum Gasteiger partial charge on any atom is 0.220 e. The van der Waals surface area contributed by atoms with Crippen molar-refractivity contribution in [1.29, 1.82) is 0 Å². The molecule has 0 heterocycles. The summed E-state index contributed by atoms with van der Waals surface area (Å²) in [6.07, 6.45) is 4.57. The Balaban J connectivity index is 3.91.